The van der Waals surface area contributed by atoms with Gasteiger partial charge in [0.1, 0.15) is 35.4 Å². The maximum atomic E-state index is 14.5. The highest BCUT2D eigenvalue weighted by molar-refractivity contribution is 7.90. The van der Waals surface area contributed by atoms with Gasteiger partial charge in [-0.2, -0.15) is 0 Å². The number of likely N-dealkylation sites (N-methyl/N-ethyl adjacent to an activating group) is 1. The van der Waals surface area contributed by atoms with Crippen LogP contribution in [-0.2, 0) is 57.4 Å². The molecule has 430 valence electrons. The van der Waals surface area contributed by atoms with Crippen molar-refractivity contribution in [2.45, 2.75) is 197 Å². The summed E-state index contributed by atoms with van der Waals surface area (Å²) in [5.74, 6) is -4.45. The highest BCUT2D eigenvalue weighted by Crippen LogP contribution is 2.42. The highest BCUT2D eigenvalue weighted by Gasteiger charge is 2.54. The molecule has 0 bridgehead atoms. The number of benzene rings is 1. The molecule has 2 aromatic rings. The van der Waals surface area contributed by atoms with Gasteiger partial charge in [-0.15, -0.1) is 0 Å². The maximum Gasteiger partial charge on any atom is 0.311 e. The summed E-state index contributed by atoms with van der Waals surface area (Å²) in [7, 11) is 1.38. The molecule has 1 aromatic heterocycles. The number of hydrogen-bond donors (Lipinski definition) is 5. The SMILES string of the molecule is CC[C@H]1OC(=O)[C@H](C)[C@@H](O[C@H]2C[C@@](C)(OC)[C@@H](O)[C@H](C)O2)[C@H](C)[C@@H](O[C@H]2O[C@H](C)C[C@H](N(C)CCC(=O)NCCCOc3ccc(-c4ccc(S(C)(=O)=O)nc4)cc3)[C@H]2O)[C@](C)(OC)C[C@@H](C)C(=O)[C@H](C)[C@@H](O)[C@]1(C)O. The molecule has 3 aliphatic rings. The number of carbonyl (C=O) groups is 3. The molecule has 3 saturated heterocycles. The topological polar surface area (TPSA) is 268 Å². The Labute approximate surface area is 449 Å². The monoisotopic (exact) mass is 1090 g/mol. The van der Waals surface area contributed by atoms with E-state index in [9.17, 15) is 43.2 Å². The summed E-state index contributed by atoms with van der Waals surface area (Å²) in [6, 6.07) is 9.96. The summed E-state index contributed by atoms with van der Waals surface area (Å²) >= 11 is 0. The van der Waals surface area contributed by atoms with E-state index < -0.39 is 124 Å². The predicted molar refractivity (Wildman–Crippen MR) is 281 cm³/mol. The molecule has 21 heteroatoms. The van der Waals surface area contributed by atoms with E-state index in [-0.39, 0.29) is 48.9 Å². The molecule has 3 fully saturated rings. The molecule has 4 heterocycles. The van der Waals surface area contributed by atoms with Crippen molar-refractivity contribution in [1.29, 1.82) is 0 Å². The number of cyclic esters (lactones) is 1. The summed E-state index contributed by atoms with van der Waals surface area (Å²) in [6.45, 7) is 17.8. The fraction of sp³-hybridized carbons (Fsp3) is 0.745. The zero-order valence-corrected chi connectivity index (χ0v) is 47.8. The summed E-state index contributed by atoms with van der Waals surface area (Å²) in [5.41, 5.74) is -2.87. The number of rotatable bonds is 18. The summed E-state index contributed by atoms with van der Waals surface area (Å²) in [4.78, 5) is 47.8. The Morgan fingerprint density at radius 1 is 0.882 bits per heavy atom. The Kier molecular flexibility index (Phi) is 22.0. The molecule has 1 amide bonds. The summed E-state index contributed by atoms with van der Waals surface area (Å²) in [6.07, 6.45) is -6.85. The van der Waals surface area contributed by atoms with Gasteiger partial charge in [-0.3, -0.25) is 14.4 Å². The second-order valence-corrected chi connectivity index (χ2v) is 24.1. The molecule has 5 rings (SSSR count). The number of ether oxygens (including phenoxy) is 8. The molecule has 1 aromatic carbocycles. The van der Waals surface area contributed by atoms with E-state index in [1.807, 2.05) is 43.1 Å². The molecule has 0 radical (unpaired) electrons. The van der Waals surface area contributed by atoms with E-state index >= 15 is 0 Å². The van der Waals surface area contributed by atoms with Gasteiger partial charge in [0, 0.05) is 82.0 Å². The molecule has 18 atom stereocenters. The van der Waals surface area contributed by atoms with Crippen molar-refractivity contribution in [3.63, 3.8) is 0 Å². The number of hydrogen-bond acceptors (Lipinski definition) is 19. The largest absolute Gasteiger partial charge is 0.494 e. The molecule has 0 aliphatic carbocycles. The number of aliphatic hydroxyl groups excluding tert-OH is 3. The average molecular weight is 1090 g/mol. The molecule has 0 unspecified atom stereocenters. The van der Waals surface area contributed by atoms with Gasteiger partial charge in [-0.25, -0.2) is 13.4 Å². The second-order valence-electron chi connectivity index (χ2n) is 22.1. The van der Waals surface area contributed by atoms with E-state index in [1.54, 1.807) is 54.5 Å². The number of Topliss-reactive ketones (excluding diaryl/α,β-unsaturated/α-hetero) is 1. The zero-order chi connectivity index (χ0) is 56.7. The van der Waals surface area contributed by atoms with Crippen LogP contribution >= 0.6 is 0 Å². The number of aliphatic hydroxyl groups is 4. The summed E-state index contributed by atoms with van der Waals surface area (Å²) < 4.78 is 74.0. The van der Waals surface area contributed by atoms with Crippen molar-refractivity contribution in [3.8, 4) is 16.9 Å². The predicted octanol–water partition coefficient (Wildman–Crippen LogP) is 4.25. The van der Waals surface area contributed by atoms with Crippen LogP contribution in [0.2, 0.25) is 0 Å². The minimum absolute atomic E-state index is 0.00577. The molecular weight excluding hydrogens is 1010 g/mol. The Bertz CT molecular complexity index is 2330. The Morgan fingerprint density at radius 3 is 2.12 bits per heavy atom. The van der Waals surface area contributed by atoms with Crippen molar-refractivity contribution in [1.82, 2.24) is 15.2 Å². The van der Waals surface area contributed by atoms with E-state index in [2.05, 4.69) is 10.3 Å². The number of amides is 1. The fourth-order valence-corrected chi connectivity index (χ4v) is 11.6. The lowest BCUT2D eigenvalue weighted by Crippen LogP contribution is -2.61. The lowest BCUT2D eigenvalue weighted by atomic mass is 9.74. The van der Waals surface area contributed by atoms with Crippen LogP contribution in [0.3, 0.4) is 0 Å². The van der Waals surface area contributed by atoms with E-state index in [4.69, 9.17) is 37.9 Å². The van der Waals surface area contributed by atoms with E-state index in [0.29, 0.717) is 31.7 Å². The van der Waals surface area contributed by atoms with Crippen LogP contribution in [0.4, 0.5) is 0 Å². The van der Waals surface area contributed by atoms with Crippen LogP contribution in [0.1, 0.15) is 108 Å². The zero-order valence-electron chi connectivity index (χ0n) is 47.0. The van der Waals surface area contributed by atoms with Crippen LogP contribution in [0.25, 0.3) is 11.1 Å². The first-order chi connectivity index (χ1) is 35.5. The lowest BCUT2D eigenvalue weighted by Gasteiger charge is -2.50. The van der Waals surface area contributed by atoms with Crippen LogP contribution in [0.5, 0.6) is 5.75 Å². The standard InChI is InChI=1S/C55H87N3O17S/c1-15-41-55(10,65)48(62)33(4)45(60)31(2)28-54(9,69-13)50(34(5)47(35(6)51(64)73-41)74-44-29-53(8,68-12)49(63)36(7)72-44)75-52-46(61)40(27-32(3)71-52)58(11)25-23-42(59)56-24-16-26-70-39-20-17-37(18-21-39)38-19-22-43(57-30-38)76(14,66)67/h17-22,30-36,40-41,44,46-50,52,61-63,65H,15-16,23-29H2,1-14H3,(H,56,59)/t31-,32-,33+,34+,35-,36+,40+,41-,44+,46-,47+,48-,49+,50-,52-,53-,54-,55-/m1/s1. The Morgan fingerprint density at radius 2 is 1.53 bits per heavy atom. The van der Waals surface area contributed by atoms with Crippen molar-refractivity contribution < 1.29 is 81.1 Å². The van der Waals surface area contributed by atoms with Gasteiger partial charge in [0.05, 0.1) is 54.2 Å². The quantitative estimate of drug-likeness (QED) is 0.103. The van der Waals surface area contributed by atoms with Gasteiger partial charge in [-0.05, 0) is 104 Å². The Balaban J connectivity index is 1.31. The van der Waals surface area contributed by atoms with Gasteiger partial charge in [0.25, 0.3) is 0 Å². The molecule has 0 saturated carbocycles. The van der Waals surface area contributed by atoms with Crippen molar-refractivity contribution in [2.75, 3.05) is 47.2 Å². The van der Waals surface area contributed by atoms with Crippen LogP contribution in [0.15, 0.2) is 47.6 Å². The maximum absolute atomic E-state index is 14.5. The fourth-order valence-electron chi connectivity index (χ4n) is 11.0. The number of carbonyl (C=O) groups excluding carboxylic acids is 3. The van der Waals surface area contributed by atoms with Gasteiger partial charge in [0.2, 0.25) is 5.91 Å². The lowest BCUT2D eigenvalue weighted by molar-refractivity contribution is -0.319. The van der Waals surface area contributed by atoms with E-state index in [0.717, 1.165) is 17.4 Å². The minimum Gasteiger partial charge on any atom is -0.494 e. The number of ketones is 1. The highest BCUT2D eigenvalue weighted by atomic mass is 32.2. The molecule has 3 aliphatic heterocycles. The number of pyridine rings is 1. The number of sulfone groups is 1. The number of nitrogens with one attached hydrogen (secondary N) is 1. The van der Waals surface area contributed by atoms with Crippen molar-refractivity contribution >= 4 is 27.5 Å². The third-order valence-electron chi connectivity index (χ3n) is 16.1. The van der Waals surface area contributed by atoms with Gasteiger partial charge < -0.3 is 68.5 Å². The number of nitrogens with zero attached hydrogens (tertiary/aromatic N) is 2. The van der Waals surface area contributed by atoms with E-state index in [1.165, 1.54) is 40.3 Å². The minimum atomic E-state index is -3.40. The summed E-state index contributed by atoms with van der Waals surface area (Å²) in [5, 5.41) is 49.6. The van der Waals surface area contributed by atoms with Gasteiger partial charge in [-0.1, -0.05) is 39.8 Å². The number of aromatic nitrogens is 1. The molecule has 76 heavy (non-hydrogen) atoms. The van der Waals surface area contributed by atoms with Crippen molar-refractivity contribution in [2.24, 2.45) is 23.7 Å². The van der Waals surface area contributed by atoms with Crippen LogP contribution in [0, 0.1) is 23.7 Å². The van der Waals surface area contributed by atoms with Crippen LogP contribution < -0.4 is 10.1 Å². The van der Waals surface area contributed by atoms with Gasteiger partial charge in [0.15, 0.2) is 27.4 Å². The normalized spacial score (nSPS) is 37.3. The smallest absolute Gasteiger partial charge is 0.311 e. The third-order valence-corrected chi connectivity index (χ3v) is 17.1. The molecule has 5 N–H and O–H groups in total. The molecule has 20 nitrogen and oxygen atoms in total. The average Bonchev–Trinajstić information content (AvgIpc) is 3.38. The first kappa shape index (κ1) is 63.1. The second kappa shape index (κ2) is 26.5. The first-order valence-corrected chi connectivity index (χ1v) is 28.5. The Hall–Kier alpha value is -3.71. The van der Waals surface area contributed by atoms with Crippen molar-refractivity contribution in [3.05, 3.63) is 42.6 Å². The first-order valence-electron chi connectivity index (χ1n) is 26.6. The number of methoxy groups -OCH3 is 2. The number of esters is 1. The van der Waals surface area contributed by atoms with Crippen LogP contribution in [-0.4, -0.2) is 188 Å². The molecule has 0 spiro atoms. The van der Waals surface area contributed by atoms with Gasteiger partial charge >= 0.3 is 5.97 Å². The third kappa shape index (κ3) is 15.1. The molecular formula is C55H87N3O17S.